The average molecular weight is 144 g/mol. The third-order valence-corrected chi connectivity index (χ3v) is 1.38. The van der Waals surface area contributed by atoms with Crippen LogP contribution in [0.1, 0.15) is 6.42 Å². The molecule has 0 aromatic rings. The minimum atomic E-state index is -1.04. The molecule has 55 valence electrons. The molecule has 1 radical (unpaired) electrons. The molecule has 1 rings (SSSR count). The van der Waals surface area contributed by atoms with Gasteiger partial charge in [0, 0.05) is 6.42 Å². The van der Waals surface area contributed by atoms with Crippen molar-refractivity contribution in [3.05, 3.63) is 0 Å². The topological polar surface area (TPSA) is 88.7 Å². The highest BCUT2D eigenvalue weighted by Crippen LogP contribution is 2.13. The lowest BCUT2D eigenvalue weighted by molar-refractivity contribution is -0.149. The lowest BCUT2D eigenvalue weighted by Gasteiger charge is -2.28. The van der Waals surface area contributed by atoms with Crippen LogP contribution in [0.3, 0.4) is 0 Å². The predicted molar refractivity (Wildman–Crippen MR) is 29.6 cm³/mol. The molecule has 0 amide bonds. The van der Waals surface area contributed by atoms with Gasteiger partial charge in [-0.15, -0.1) is 0 Å². The molecule has 2 unspecified atom stereocenters. The molecule has 0 aliphatic carbocycles. The summed E-state index contributed by atoms with van der Waals surface area (Å²) >= 11 is 0. The summed E-state index contributed by atoms with van der Waals surface area (Å²) in [7, 11) is 0. The number of carboxylic acid groups (broad SMARTS) is 2. The molecule has 1 heterocycles. The zero-order valence-corrected chi connectivity index (χ0v) is 5.02. The summed E-state index contributed by atoms with van der Waals surface area (Å²) in [5, 5.41) is 19.9. The molecule has 0 bridgehead atoms. The first-order valence-corrected chi connectivity index (χ1v) is 2.77. The van der Waals surface area contributed by atoms with E-state index in [2.05, 4.69) is 5.32 Å². The van der Waals surface area contributed by atoms with Crippen molar-refractivity contribution in [2.75, 3.05) is 0 Å². The van der Waals surface area contributed by atoms with Gasteiger partial charge in [-0.3, -0.25) is 9.59 Å². The van der Waals surface area contributed by atoms with Crippen LogP contribution >= 0.6 is 0 Å². The van der Waals surface area contributed by atoms with Crippen molar-refractivity contribution in [1.29, 1.82) is 0 Å². The summed E-state index contributed by atoms with van der Waals surface area (Å²) in [6, 6.07) is -1.58. The van der Waals surface area contributed by atoms with Crippen molar-refractivity contribution in [2.24, 2.45) is 0 Å². The van der Waals surface area contributed by atoms with E-state index >= 15 is 0 Å². The maximum Gasteiger partial charge on any atom is 0.322 e. The van der Waals surface area contributed by atoms with E-state index in [0.717, 1.165) is 0 Å². The largest absolute Gasteiger partial charge is 0.480 e. The van der Waals surface area contributed by atoms with E-state index in [9.17, 15) is 9.59 Å². The van der Waals surface area contributed by atoms with E-state index in [0.29, 0.717) is 0 Å². The monoisotopic (exact) mass is 144 g/mol. The van der Waals surface area contributed by atoms with Gasteiger partial charge >= 0.3 is 11.9 Å². The Balaban J connectivity index is 2.31. The third kappa shape index (κ3) is 1.08. The standard InChI is InChI=1S/C5H6NO4/c7-4(8)2-1-3(6-2)5(9)10/h2-3H,1H2,(H,7,8)(H,9,10). The predicted octanol–water partition coefficient (Wildman–Crippen LogP) is -1.10. The second-order valence-electron chi connectivity index (χ2n) is 2.09. The van der Waals surface area contributed by atoms with Gasteiger partial charge in [0.05, 0.1) is 0 Å². The van der Waals surface area contributed by atoms with Crippen LogP contribution in [0.5, 0.6) is 0 Å². The van der Waals surface area contributed by atoms with Crippen molar-refractivity contribution in [2.45, 2.75) is 18.5 Å². The number of carbonyl (C=O) groups is 2. The summed E-state index contributed by atoms with van der Waals surface area (Å²) in [6.07, 6.45) is 0.130. The molecular weight excluding hydrogens is 138 g/mol. The maximum atomic E-state index is 10.1. The Kier molecular flexibility index (Phi) is 1.58. The molecule has 5 nitrogen and oxygen atoms in total. The summed E-state index contributed by atoms with van der Waals surface area (Å²) in [5.74, 6) is -2.09. The molecule has 0 aromatic heterocycles. The number of carboxylic acids is 2. The second-order valence-corrected chi connectivity index (χ2v) is 2.09. The number of aliphatic carboxylic acids is 2. The van der Waals surface area contributed by atoms with Gasteiger partial charge in [-0.2, -0.15) is 0 Å². The van der Waals surface area contributed by atoms with Crippen LogP contribution in [0.25, 0.3) is 0 Å². The van der Waals surface area contributed by atoms with Crippen LogP contribution in [0.15, 0.2) is 0 Å². The minimum absolute atomic E-state index is 0.130. The van der Waals surface area contributed by atoms with Crippen molar-refractivity contribution >= 4 is 11.9 Å². The summed E-state index contributed by atoms with van der Waals surface area (Å²) < 4.78 is 0. The van der Waals surface area contributed by atoms with Crippen molar-refractivity contribution in [1.82, 2.24) is 5.32 Å². The Morgan fingerprint density at radius 2 is 1.50 bits per heavy atom. The zero-order valence-electron chi connectivity index (χ0n) is 5.02. The molecular formula is C5H6NO4. The normalized spacial score (nSPS) is 30.8. The first kappa shape index (κ1) is 7.01. The fourth-order valence-electron chi connectivity index (χ4n) is 0.742. The van der Waals surface area contributed by atoms with E-state index in [1.54, 1.807) is 0 Å². The summed E-state index contributed by atoms with van der Waals surface area (Å²) in [6.45, 7) is 0. The Morgan fingerprint density at radius 1 is 1.20 bits per heavy atom. The molecule has 0 saturated carbocycles. The smallest absolute Gasteiger partial charge is 0.322 e. The van der Waals surface area contributed by atoms with Gasteiger partial charge in [-0.1, -0.05) is 0 Å². The molecule has 1 aliphatic rings. The first-order valence-electron chi connectivity index (χ1n) is 2.77. The average Bonchev–Trinajstić information content (AvgIpc) is 1.56. The van der Waals surface area contributed by atoms with Crippen LogP contribution < -0.4 is 5.32 Å². The van der Waals surface area contributed by atoms with E-state index in [1.165, 1.54) is 0 Å². The maximum absolute atomic E-state index is 10.1. The number of hydrogen-bond donors (Lipinski definition) is 2. The van der Waals surface area contributed by atoms with Gasteiger partial charge in [0.15, 0.2) is 0 Å². The van der Waals surface area contributed by atoms with Gasteiger partial charge < -0.3 is 10.2 Å². The minimum Gasteiger partial charge on any atom is -0.480 e. The van der Waals surface area contributed by atoms with Gasteiger partial charge in [-0.05, 0) is 0 Å². The molecule has 0 spiro atoms. The van der Waals surface area contributed by atoms with Crippen LogP contribution in [0, 0.1) is 0 Å². The molecule has 5 heteroatoms. The molecule has 1 saturated heterocycles. The SMILES string of the molecule is O=C(O)C1CC(C(=O)O)[N]1. The Labute approximate surface area is 56.7 Å². The lowest BCUT2D eigenvalue weighted by Crippen LogP contribution is -2.54. The Bertz CT molecular complexity index is 154. The van der Waals surface area contributed by atoms with E-state index in [-0.39, 0.29) is 6.42 Å². The quantitative estimate of drug-likeness (QED) is 0.514. The van der Waals surface area contributed by atoms with Crippen molar-refractivity contribution in [3.63, 3.8) is 0 Å². The highest BCUT2D eigenvalue weighted by molar-refractivity contribution is 5.82. The fraction of sp³-hybridized carbons (Fsp3) is 0.600. The van der Waals surface area contributed by atoms with Crippen LogP contribution in [-0.2, 0) is 9.59 Å². The summed E-state index contributed by atoms with van der Waals surface area (Å²) in [5.41, 5.74) is 0. The zero-order chi connectivity index (χ0) is 7.72. The summed E-state index contributed by atoms with van der Waals surface area (Å²) in [4.78, 5) is 20.1. The third-order valence-electron chi connectivity index (χ3n) is 1.38. The molecule has 1 fully saturated rings. The van der Waals surface area contributed by atoms with Crippen molar-refractivity contribution < 1.29 is 19.8 Å². The Hall–Kier alpha value is -1.10. The number of hydrogen-bond acceptors (Lipinski definition) is 2. The van der Waals surface area contributed by atoms with Crippen molar-refractivity contribution in [3.8, 4) is 0 Å². The van der Waals surface area contributed by atoms with Crippen LogP contribution in [0.2, 0.25) is 0 Å². The Morgan fingerprint density at radius 3 is 1.70 bits per heavy atom. The van der Waals surface area contributed by atoms with E-state index in [1.807, 2.05) is 0 Å². The van der Waals surface area contributed by atoms with Gasteiger partial charge in [0.1, 0.15) is 12.1 Å². The fourth-order valence-corrected chi connectivity index (χ4v) is 0.742. The van der Waals surface area contributed by atoms with Gasteiger partial charge in [0.2, 0.25) is 0 Å². The highest BCUT2D eigenvalue weighted by atomic mass is 16.4. The second kappa shape index (κ2) is 2.26. The van der Waals surface area contributed by atoms with Crippen LogP contribution in [0.4, 0.5) is 0 Å². The highest BCUT2D eigenvalue weighted by Gasteiger charge is 2.39. The lowest BCUT2D eigenvalue weighted by atomic mass is 9.98. The van der Waals surface area contributed by atoms with E-state index in [4.69, 9.17) is 10.2 Å². The molecule has 1 aliphatic heterocycles. The molecule has 0 aromatic carbocycles. The number of nitrogens with zero attached hydrogens (tertiary/aromatic N) is 1. The molecule has 2 atom stereocenters. The molecule has 2 N–H and O–H groups in total. The van der Waals surface area contributed by atoms with Crippen LogP contribution in [-0.4, -0.2) is 34.2 Å². The molecule has 10 heavy (non-hydrogen) atoms. The first-order chi connectivity index (χ1) is 4.61. The van der Waals surface area contributed by atoms with Gasteiger partial charge in [0.25, 0.3) is 0 Å². The van der Waals surface area contributed by atoms with Gasteiger partial charge in [-0.25, -0.2) is 5.32 Å². The number of rotatable bonds is 2. The van der Waals surface area contributed by atoms with E-state index < -0.39 is 24.0 Å².